The number of nitrogens with zero attached hydrogens (tertiary/aromatic N) is 5. The maximum Gasteiger partial charge on any atom is 0.181 e. The predicted octanol–water partition coefficient (Wildman–Crippen LogP) is 3.63. The minimum Gasteiger partial charge on any atom is -0.376 e. The molecule has 0 saturated heterocycles. The normalized spacial score (nSPS) is 11.3. The molecule has 0 spiro atoms. The van der Waals surface area contributed by atoms with Crippen molar-refractivity contribution in [1.82, 2.24) is 30.1 Å². The molecule has 5 aromatic rings. The fourth-order valence-corrected chi connectivity index (χ4v) is 3.19. The van der Waals surface area contributed by atoms with E-state index in [2.05, 4.69) is 48.3 Å². The van der Waals surface area contributed by atoms with E-state index in [0.717, 1.165) is 44.6 Å². The Kier molecular flexibility index (Phi) is 3.39. The van der Waals surface area contributed by atoms with Crippen molar-refractivity contribution in [2.75, 3.05) is 19.0 Å². The fraction of sp³-hybridized carbons (Fsp3) is 0.100. The summed E-state index contributed by atoms with van der Waals surface area (Å²) in [5.74, 6) is 0. The van der Waals surface area contributed by atoms with Crippen molar-refractivity contribution < 1.29 is 0 Å². The first-order valence-electron chi connectivity index (χ1n) is 8.60. The molecule has 27 heavy (non-hydrogen) atoms. The summed E-state index contributed by atoms with van der Waals surface area (Å²) >= 11 is 0. The molecule has 132 valence electrons. The smallest absolute Gasteiger partial charge is 0.181 e. The molecule has 0 amide bonds. The van der Waals surface area contributed by atoms with Gasteiger partial charge in [0.2, 0.25) is 0 Å². The van der Waals surface area contributed by atoms with Crippen LogP contribution in [0.2, 0.25) is 0 Å². The Bertz CT molecular complexity index is 1230. The predicted molar refractivity (Wildman–Crippen MR) is 107 cm³/mol. The zero-order valence-corrected chi connectivity index (χ0v) is 14.9. The van der Waals surface area contributed by atoms with Crippen LogP contribution in [0.15, 0.2) is 55.1 Å². The molecule has 0 aliphatic heterocycles. The van der Waals surface area contributed by atoms with E-state index >= 15 is 0 Å². The minimum absolute atomic E-state index is 0.678. The van der Waals surface area contributed by atoms with E-state index in [-0.39, 0.29) is 0 Å². The highest BCUT2D eigenvalue weighted by Gasteiger charge is 2.13. The molecular formula is C20H17N7. The third kappa shape index (κ3) is 2.60. The zero-order valence-electron chi connectivity index (χ0n) is 14.9. The monoisotopic (exact) mass is 355 g/mol. The Labute approximate surface area is 155 Å². The van der Waals surface area contributed by atoms with Crippen LogP contribution in [0.25, 0.3) is 44.6 Å². The van der Waals surface area contributed by atoms with Gasteiger partial charge in [-0.25, -0.2) is 9.97 Å². The van der Waals surface area contributed by atoms with Crippen LogP contribution in [-0.4, -0.2) is 44.2 Å². The number of aromatic amines is 2. The van der Waals surface area contributed by atoms with Gasteiger partial charge in [0.1, 0.15) is 5.65 Å². The lowest BCUT2D eigenvalue weighted by molar-refractivity contribution is 1.10. The standard InChI is InChI=1S/C20H17N7/c1-27(2)15-6-13(9-21-11-15)14-7-16-18(25-26-20(16)23-10-14)17-8-12-4-3-5-22-19(12)24-17/h3-11H,1-2H3,(H,22,24)(H,23,25,26). The highest BCUT2D eigenvalue weighted by Crippen LogP contribution is 2.30. The van der Waals surface area contributed by atoms with Gasteiger partial charge in [0.25, 0.3) is 0 Å². The van der Waals surface area contributed by atoms with E-state index in [1.807, 2.05) is 49.7 Å². The number of aromatic nitrogens is 6. The Balaban J connectivity index is 1.65. The maximum absolute atomic E-state index is 4.52. The van der Waals surface area contributed by atoms with Crippen molar-refractivity contribution in [1.29, 1.82) is 0 Å². The summed E-state index contributed by atoms with van der Waals surface area (Å²) in [7, 11) is 4.00. The Hall–Kier alpha value is -3.74. The topological polar surface area (TPSA) is 86.4 Å². The van der Waals surface area contributed by atoms with Crippen LogP contribution in [0.5, 0.6) is 0 Å². The average Bonchev–Trinajstić information content (AvgIpc) is 3.31. The third-order valence-electron chi connectivity index (χ3n) is 4.64. The highest BCUT2D eigenvalue weighted by molar-refractivity contribution is 5.95. The second-order valence-electron chi connectivity index (χ2n) is 6.64. The molecule has 0 aliphatic carbocycles. The summed E-state index contributed by atoms with van der Waals surface area (Å²) in [5, 5.41) is 9.46. The molecule has 5 rings (SSSR count). The number of anilines is 1. The average molecular weight is 355 g/mol. The van der Waals surface area contributed by atoms with Gasteiger partial charge >= 0.3 is 0 Å². The first kappa shape index (κ1) is 15.5. The molecule has 0 atom stereocenters. The highest BCUT2D eigenvalue weighted by atomic mass is 15.2. The van der Waals surface area contributed by atoms with E-state index in [1.165, 1.54) is 0 Å². The summed E-state index contributed by atoms with van der Waals surface area (Å²) in [6.07, 6.45) is 7.30. The molecule has 7 nitrogen and oxygen atoms in total. The molecule has 7 heteroatoms. The summed E-state index contributed by atoms with van der Waals surface area (Å²) in [6, 6.07) is 10.2. The molecule has 0 bridgehead atoms. The van der Waals surface area contributed by atoms with Crippen LogP contribution in [0.4, 0.5) is 5.69 Å². The molecule has 5 aromatic heterocycles. The van der Waals surface area contributed by atoms with Crippen molar-refractivity contribution >= 4 is 27.8 Å². The maximum atomic E-state index is 4.52. The first-order chi connectivity index (χ1) is 13.2. The van der Waals surface area contributed by atoms with Crippen molar-refractivity contribution in [3.63, 3.8) is 0 Å². The molecule has 2 N–H and O–H groups in total. The van der Waals surface area contributed by atoms with Gasteiger partial charge in [0.15, 0.2) is 5.65 Å². The third-order valence-corrected chi connectivity index (χ3v) is 4.64. The van der Waals surface area contributed by atoms with E-state index in [1.54, 1.807) is 6.20 Å². The second-order valence-corrected chi connectivity index (χ2v) is 6.64. The number of hydrogen-bond acceptors (Lipinski definition) is 5. The Morgan fingerprint density at radius 1 is 0.963 bits per heavy atom. The van der Waals surface area contributed by atoms with Gasteiger partial charge in [0.05, 0.1) is 23.3 Å². The van der Waals surface area contributed by atoms with Gasteiger partial charge in [-0.15, -0.1) is 0 Å². The van der Waals surface area contributed by atoms with E-state index in [0.29, 0.717) is 5.65 Å². The fourth-order valence-electron chi connectivity index (χ4n) is 3.19. The van der Waals surface area contributed by atoms with E-state index < -0.39 is 0 Å². The van der Waals surface area contributed by atoms with Gasteiger partial charge in [-0.3, -0.25) is 10.1 Å². The lowest BCUT2D eigenvalue weighted by Crippen LogP contribution is -2.08. The first-order valence-corrected chi connectivity index (χ1v) is 8.60. The second kappa shape index (κ2) is 5.91. The van der Waals surface area contributed by atoms with Crippen molar-refractivity contribution in [3.8, 4) is 22.5 Å². The van der Waals surface area contributed by atoms with Gasteiger partial charge in [-0.05, 0) is 30.3 Å². The molecule has 0 radical (unpaired) electrons. The van der Waals surface area contributed by atoms with Crippen molar-refractivity contribution in [2.24, 2.45) is 0 Å². The quantitative estimate of drug-likeness (QED) is 0.516. The van der Waals surface area contributed by atoms with Gasteiger partial charge < -0.3 is 9.88 Å². The van der Waals surface area contributed by atoms with Crippen molar-refractivity contribution in [3.05, 3.63) is 55.1 Å². The molecule has 0 saturated carbocycles. The van der Waals surface area contributed by atoms with Crippen LogP contribution in [-0.2, 0) is 0 Å². The van der Waals surface area contributed by atoms with E-state index in [9.17, 15) is 0 Å². The van der Waals surface area contributed by atoms with Gasteiger partial charge in [-0.2, -0.15) is 5.10 Å². The molecule has 0 aromatic carbocycles. The molecule has 5 heterocycles. The van der Waals surface area contributed by atoms with Crippen LogP contribution in [0.3, 0.4) is 0 Å². The van der Waals surface area contributed by atoms with Crippen LogP contribution < -0.4 is 4.90 Å². The van der Waals surface area contributed by atoms with Crippen LogP contribution in [0, 0.1) is 0 Å². The Morgan fingerprint density at radius 3 is 2.70 bits per heavy atom. The number of hydrogen-bond donors (Lipinski definition) is 2. The lowest BCUT2D eigenvalue weighted by atomic mass is 10.1. The number of H-pyrrole nitrogens is 2. The largest absolute Gasteiger partial charge is 0.376 e. The summed E-state index contributed by atoms with van der Waals surface area (Å²) in [6.45, 7) is 0. The zero-order chi connectivity index (χ0) is 18.4. The summed E-state index contributed by atoms with van der Waals surface area (Å²) < 4.78 is 0. The summed E-state index contributed by atoms with van der Waals surface area (Å²) in [5.41, 5.74) is 6.41. The SMILES string of the molecule is CN(C)c1cncc(-c2cnc3n[nH]c(-c4cc5cccnc5[nH]4)c3c2)c1. The molecular weight excluding hydrogens is 338 g/mol. The minimum atomic E-state index is 0.678. The van der Waals surface area contributed by atoms with Gasteiger partial charge in [0, 0.05) is 54.6 Å². The number of nitrogens with one attached hydrogen (secondary N) is 2. The van der Waals surface area contributed by atoms with Crippen LogP contribution in [0.1, 0.15) is 0 Å². The molecule has 0 aliphatic rings. The number of fused-ring (bicyclic) bond motifs is 2. The van der Waals surface area contributed by atoms with Gasteiger partial charge in [-0.1, -0.05) is 0 Å². The van der Waals surface area contributed by atoms with E-state index in [4.69, 9.17) is 0 Å². The molecule has 0 fully saturated rings. The number of pyridine rings is 3. The summed E-state index contributed by atoms with van der Waals surface area (Å²) in [4.78, 5) is 18.6. The lowest BCUT2D eigenvalue weighted by Gasteiger charge is -2.12. The number of rotatable bonds is 3. The van der Waals surface area contributed by atoms with Crippen molar-refractivity contribution in [2.45, 2.75) is 0 Å². The molecule has 0 unspecified atom stereocenters. The van der Waals surface area contributed by atoms with Crippen LogP contribution >= 0.6 is 0 Å². The Morgan fingerprint density at radius 2 is 1.85 bits per heavy atom.